The lowest BCUT2D eigenvalue weighted by Gasteiger charge is -2.16. The van der Waals surface area contributed by atoms with Gasteiger partial charge in [0.15, 0.2) is 0 Å². The van der Waals surface area contributed by atoms with E-state index in [2.05, 4.69) is 5.32 Å². The van der Waals surface area contributed by atoms with Crippen molar-refractivity contribution in [2.75, 3.05) is 32.1 Å². The topological polar surface area (TPSA) is 82.4 Å². The van der Waals surface area contributed by atoms with Crippen LogP contribution in [0.5, 0.6) is 0 Å². The molecule has 0 unspecified atom stereocenters. The average molecular weight is 289 g/mol. The van der Waals surface area contributed by atoms with Crippen LogP contribution in [-0.4, -0.2) is 43.5 Å². The van der Waals surface area contributed by atoms with Gasteiger partial charge in [-0.2, -0.15) is 5.26 Å². The third-order valence-corrected chi connectivity index (χ3v) is 2.74. The van der Waals surface area contributed by atoms with Crippen LogP contribution in [0.2, 0.25) is 0 Å². The molecule has 6 nitrogen and oxygen atoms in total. The predicted octanol–water partition coefficient (Wildman–Crippen LogP) is 1.38. The molecule has 1 N–H and O–H groups in total. The molecule has 6 heteroatoms. The largest absolute Gasteiger partial charge is 0.466 e. The molecule has 0 fully saturated rings. The molecule has 21 heavy (non-hydrogen) atoms. The summed E-state index contributed by atoms with van der Waals surface area (Å²) in [5, 5.41) is 11.6. The summed E-state index contributed by atoms with van der Waals surface area (Å²) >= 11 is 0. The molecule has 0 heterocycles. The van der Waals surface area contributed by atoms with E-state index in [0.29, 0.717) is 24.4 Å². The van der Waals surface area contributed by atoms with Crippen LogP contribution in [0.3, 0.4) is 0 Å². The van der Waals surface area contributed by atoms with Gasteiger partial charge in [0, 0.05) is 6.54 Å². The molecule has 1 rings (SSSR count). The van der Waals surface area contributed by atoms with Crippen molar-refractivity contribution in [1.82, 2.24) is 4.90 Å². The highest BCUT2D eigenvalue weighted by atomic mass is 16.5. The Labute approximate surface area is 124 Å². The van der Waals surface area contributed by atoms with E-state index in [4.69, 9.17) is 10.00 Å². The van der Waals surface area contributed by atoms with E-state index < -0.39 is 0 Å². The summed E-state index contributed by atoms with van der Waals surface area (Å²) in [6.07, 6.45) is 0.242. The zero-order chi connectivity index (χ0) is 15.7. The normalized spacial score (nSPS) is 10.0. The van der Waals surface area contributed by atoms with Gasteiger partial charge >= 0.3 is 5.97 Å². The van der Waals surface area contributed by atoms with Crippen LogP contribution >= 0.6 is 0 Å². The molecule has 0 aliphatic rings. The van der Waals surface area contributed by atoms with Crippen LogP contribution in [0.15, 0.2) is 24.3 Å². The summed E-state index contributed by atoms with van der Waals surface area (Å²) in [6, 6.07) is 8.82. The SMILES string of the molecule is CCOC(=O)CCN(C)CC(=O)Nc1ccccc1C#N. The van der Waals surface area contributed by atoms with Gasteiger partial charge in [-0.25, -0.2) is 0 Å². The molecule has 0 spiro atoms. The first-order valence-corrected chi connectivity index (χ1v) is 6.70. The second kappa shape index (κ2) is 8.72. The van der Waals surface area contributed by atoms with Gasteiger partial charge in [-0.1, -0.05) is 12.1 Å². The van der Waals surface area contributed by atoms with Crippen molar-refractivity contribution in [2.45, 2.75) is 13.3 Å². The van der Waals surface area contributed by atoms with E-state index >= 15 is 0 Å². The molecule has 0 bridgehead atoms. The lowest BCUT2D eigenvalue weighted by molar-refractivity contribution is -0.143. The zero-order valence-corrected chi connectivity index (χ0v) is 12.3. The third-order valence-electron chi connectivity index (χ3n) is 2.74. The lowest BCUT2D eigenvalue weighted by Crippen LogP contribution is -2.32. The molecule has 0 aliphatic heterocycles. The first-order valence-electron chi connectivity index (χ1n) is 6.70. The first-order chi connectivity index (χ1) is 10.1. The third kappa shape index (κ3) is 6.06. The second-order valence-corrected chi connectivity index (χ2v) is 4.50. The number of esters is 1. The van der Waals surface area contributed by atoms with Crippen molar-refractivity contribution in [3.63, 3.8) is 0 Å². The highest BCUT2D eigenvalue weighted by molar-refractivity contribution is 5.93. The van der Waals surface area contributed by atoms with Crippen molar-refractivity contribution >= 4 is 17.6 Å². The number of amides is 1. The molecular weight excluding hydrogens is 270 g/mol. The quantitative estimate of drug-likeness (QED) is 0.767. The predicted molar refractivity (Wildman–Crippen MR) is 78.5 cm³/mol. The maximum atomic E-state index is 11.9. The van der Waals surface area contributed by atoms with Crippen molar-refractivity contribution in [2.24, 2.45) is 0 Å². The minimum Gasteiger partial charge on any atom is -0.466 e. The van der Waals surface area contributed by atoms with Crippen molar-refractivity contribution in [1.29, 1.82) is 5.26 Å². The van der Waals surface area contributed by atoms with Crippen molar-refractivity contribution < 1.29 is 14.3 Å². The molecule has 1 aromatic rings. The first kappa shape index (κ1) is 16.7. The molecule has 0 aliphatic carbocycles. The number of anilines is 1. The van der Waals surface area contributed by atoms with Crippen LogP contribution in [0.25, 0.3) is 0 Å². The molecule has 1 amide bonds. The van der Waals surface area contributed by atoms with E-state index in [1.807, 2.05) is 6.07 Å². The number of nitrogens with zero attached hydrogens (tertiary/aromatic N) is 2. The summed E-state index contributed by atoms with van der Waals surface area (Å²) in [7, 11) is 1.75. The number of carbonyl (C=O) groups excluding carboxylic acids is 2. The number of benzene rings is 1. The average Bonchev–Trinajstić information content (AvgIpc) is 2.46. The Bertz CT molecular complexity index is 537. The Morgan fingerprint density at radius 1 is 1.38 bits per heavy atom. The summed E-state index contributed by atoms with van der Waals surface area (Å²) in [6.45, 7) is 2.68. The van der Waals surface area contributed by atoms with E-state index in [1.165, 1.54) is 0 Å². The maximum Gasteiger partial charge on any atom is 0.307 e. The monoisotopic (exact) mass is 289 g/mol. The molecule has 0 saturated carbocycles. The fraction of sp³-hybridized carbons (Fsp3) is 0.400. The highest BCUT2D eigenvalue weighted by Crippen LogP contribution is 2.13. The van der Waals surface area contributed by atoms with Crippen LogP contribution in [-0.2, 0) is 14.3 Å². The second-order valence-electron chi connectivity index (χ2n) is 4.50. The maximum absolute atomic E-state index is 11.9. The van der Waals surface area contributed by atoms with Gasteiger partial charge in [-0.3, -0.25) is 14.5 Å². The van der Waals surface area contributed by atoms with Gasteiger partial charge in [0.25, 0.3) is 0 Å². The number of nitriles is 1. The van der Waals surface area contributed by atoms with Crippen molar-refractivity contribution in [3.8, 4) is 6.07 Å². The molecule has 0 aromatic heterocycles. The van der Waals surface area contributed by atoms with E-state index in [0.717, 1.165) is 0 Å². The van der Waals surface area contributed by atoms with E-state index in [9.17, 15) is 9.59 Å². The lowest BCUT2D eigenvalue weighted by atomic mass is 10.2. The minimum atomic E-state index is -0.278. The Morgan fingerprint density at radius 2 is 2.10 bits per heavy atom. The van der Waals surface area contributed by atoms with E-state index in [-0.39, 0.29) is 24.8 Å². The Balaban J connectivity index is 2.43. The smallest absolute Gasteiger partial charge is 0.307 e. The van der Waals surface area contributed by atoms with Crippen LogP contribution in [0, 0.1) is 11.3 Å². The molecular formula is C15H19N3O3. The molecule has 112 valence electrons. The number of para-hydroxylation sites is 1. The molecule has 0 saturated heterocycles. The van der Waals surface area contributed by atoms with Crippen molar-refractivity contribution in [3.05, 3.63) is 29.8 Å². The molecule has 1 aromatic carbocycles. The highest BCUT2D eigenvalue weighted by Gasteiger charge is 2.11. The van der Waals surface area contributed by atoms with Gasteiger partial charge in [0.2, 0.25) is 5.91 Å². The van der Waals surface area contributed by atoms with E-state index in [1.54, 1.807) is 43.1 Å². The number of rotatable bonds is 7. The summed E-state index contributed by atoms with van der Waals surface area (Å²) in [5.41, 5.74) is 0.906. The van der Waals surface area contributed by atoms with Gasteiger partial charge in [-0.15, -0.1) is 0 Å². The van der Waals surface area contributed by atoms with Crippen LogP contribution < -0.4 is 5.32 Å². The number of hydrogen-bond acceptors (Lipinski definition) is 5. The van der Waals surface area contributed by atoms with Gasteiger partial charge in [0.1, 0.15) is 6.07 Å². The fourth-order valence-corrected chi connectivity index (χ4v) is 1.72. The fourth-order valence-electron chi connectivity index (χ4n) is 1.72. The Morgan fingerprint density at radius 3 is 2.76 bits per heavy atom. The number of likely N-dealkylation sites (N-methyl/N-ethyl adjacent to an activating group) is 1. The number of nitrogens with one attached hydrogen (secondary N) is 1. The van der Waals surface area contributed by atoms with Crippen LogP contribution in [0.1, 0.15) is 18.9 Å². The summed E-state index contributed by atoms with van der Waals surface area (Å²) in [5.74, 6) is -0.511. The van der Waals surface area contributed by atoms with Crippen LogP contribution in [0.4, 0.5) is 5.69 Å². The van der Waals surface area contributed by atoms with Gasteiger partial charge in [0.05, 0.1) is 30.8 Å². The summed E-state index contributed by atoms with van der Waals surface area (Å²) < 4.78 is 4.82. The van der Waals surface area contributed by atoms with Gasteiger partial charge < -0.3 is 10.1 Å². The number of hydrogen-bond donors (Lipinski definition) is 1. The summed E-state index contributed by atoms with van der Waals surface area (Å²) in [4.78, 5) is 24.8. The molecule has 0 radical (unpaired) electrons. The zero-order valence-electron chi connectivity index (χ0n) is 12.3. The number of ether oxygens (including phenoxy) is 1. The Hall–Kier alpha value is -2.39. The standard InChI is InChI=1S/C15H19N3O3/c1-3-21-15(20)8-9-18(2)11-14(19)17-13-7-5-4-6-12(13)10-16/h4-7H,3,8-9,11H2,1-2H3,(H,17,19). The van der Waals surface area contributed by atoms with Gasteiger partial charge in [-0.05, 0) is 26.1 Å². The molecule has 0 atom stereocenters. The number of carbonyl (C=O) groups is 2. The minimum absolute atomic E-state index is 0.138. The Kier molecular flexibility index (Phi) is 6.92.